The van der Waals surface area contributed by atoms with Gasteiger partial charge in [0.25, 0.3) is 0 Å². The molecular weight excluding hydrogens is 252 g/mol. The molecule has 1 saturated carbocycles. The Labute approximate surface area is 122 Å². The molecule has 0 atom stereocenters. The second-order valence-electron chi connectivity index (χ2n) is 7.17. The van der Waals surface area contributed by atoms with Crippen molar-refractivity contribution in [2.75, 3.05) is 46.0 Å². The van der Waals surface area contributed by atoms with E-state index in [1.807, 2.05) is 0 Å². The SMILES string of the molecule is OCC1CCN(CC2(CNC3CC3)CCOCC2)CC1. The highest BCUT2D eigenvalue weighted by Crippen LogP contribution is 2.33. The first-order chi connectivity index (χ1) is 9.80. The van der Waals surface area contributed by atoms with Crippen LogP contribution in [-0.2, 0) is 4.74 Å². The maximum absolute atomic E-state index is 9.26. The number of aliphatic hydroxyl groups excluding tert-OH is 1. The smallest absolute Gasteiger partial charge is 0.0472 e. The summed E-state index contributed by atoms with van der Waals surface area (Å²) in [4.78, 5) is 2.63. The molecule has 2 aliphatic heterocycles. The van der Waals surface area contributed by atoms with Crippen LogP contribution in [0, 0.1) is 11.3 Å². The van der Waals surface area contributed by atoms with Crippen molar-refractivity contribution < 1.29 is 9.84 Å². The maximum atomic E-state index is 9.26. The minimum absolute atomic E-state index is 0.371. The summed E-state index contributed by atoms with van der Waals surface area (Å²) in [5, 5.41) is 13.0. The third-order valence-electron chi connectivity index (χ3n) is 5.42. The van der Waals surface area contributed by atoms with E-state index in [0.717, 1.165) is 32.3 Å². The van der Waals surface area contributed by atoms with Crippen LogP contribution in [-0.4, -0.2) is 62.0 Å². The summed E-state index contributed by atoms with van der Waals surface area (Å²) >= 11 is 0. The van der Waals surface area contributed by atoms with E-state index in [1.54, 1.807) is 0 Å². The topological polar surface area (TPSA) is 44.7 Å². The third-order valence-corrected chi connectivity index (χ3v) is 5.42. The molecule has 0 aromatic rings. The van der Waals surface area contributed by atoms with Crippen molar-refractivity contribution in [3.05, 3.63) is 0 Å². The van der Waals surface area contributed by atoms with E-state index < -0.39 is 0 Å². The van der Waals surface area contributed by atoms with Crippen LogP contribution >= 0.6 is 0 Å². The van der Waals surface area contributed by atoms with E-state index in [1.165, 1.54) is 51.6 Å². The van der Waals surface area contributed by atoms with Crippen LogP contribution in [0.5, 0.6) is 0 Å². The molecule has 0 spiro atoms. The Hall–Kier alpha value is -0.160. The fourth-order valence-electron chi connectivity index (χ4n) is 3.64. The maximum Gasteiger partial charge on any atom is 0.0472 e. The van der Waals surface area contributed by atoms with Crippen LogP contribution in [0.1, 0.15) is 38.5 Å². The van der Waals surface area contributed by atoms with Crippen molar-refractivity contribution in [1.82, 2.24) is 10.2 Å². The van der Waals surface area contributed by atoms with Crippen LogP contribution in [0.4, 0.5) is 0 Å². The first-order valence-corrected chi connectivity index (χ1v) is 8.44. The highest BCUT2D eigenvalue weighted by atomic mass is 16.5. The van der Waals surface area contributed by atoms with E-state index >= 15 is 0 Å². The van der Waals surface area contributed by atoms with Crippen molar-refractivity contribution in [3.8, 4) is 0 Å². The molecule has 2 heterocycles. The van der Waals surface area contributed by atoms with E-state index in [4.69, 9.17) is 4.74 Å². The number of hydrogen-bond acceptors (Lipinski definition) is 4. The predicted molar refractivity (Wildman–Crippen MR) is 79.8 cm³/mol. The van der Waals surface area contributed by atoms with Gasteiger partial charge in [-0.25, -0.2) is 0 Å². The summed E-state index contributed by atoms with van der Waals surface area (Å²) in [6, 6.07) is 0.801. The average molecular weight is 282 g/mol. The highest BCUT2D eigenvalue weighted by Gasteiger charge is 2.36. The number of nitrogens with zero attached hydrogens (tertiary/aromatic N) is 1. The van der Waals surface area contributed by atoms with Gasteiger partial charge >= 0.3 is 0 Å². The van der Waals surface area contributed by atoms with E-state index in [2.05, 4.69) is 10.2 Å². The summed E-state index contributed by atoms with van der Waals surface area (Å²) in [6.07, 6.45) is 7.47. The average Bonchev–Trinajstić information content (AvgIpc) is 3.31. The lowest BCUT2D eigenvalue weighted by molar-refractivity contribution is -0.0114. The Kier molecular flexibility index (Phi) is 4.97. The summed E-state index contributed by atoms with van der Waals surface area (Å²) in [6.45, 7) is 6.94. The van der Waals surface area contributed by atoms with Crippen molar-refractivity contribution in [2.24, 2.45) is 11.3 Å². The van der Waals surface area contributed by atoms with E-state index in [9.17, 15) is 5.11 Å². The molecular formula is C16H30N2O2. The van der Waals surface area contributed by atoms with Gasteiger partial charge in [0.05, 0.1) is 0 Å². The molecule has 0 aromatic carbocycles. The normalized spacial score (nSPS) is 28.6. The number of aliphatic hydroxyl groups is 1. The molecule has 0 unspecified atom stereocenters. The van der Waals surface area contributed by atoms with Gasteiger partial charge in [-0.2, -0.15) is 0 Å². The molecule has 1 aliphatic carbocycles. The van der Waals surface area contributed by atoms with Gasteiger partial charge < -0.3 is 20.1 Å². The molecule has 4 heteroatoms. The molecule has 2 N–H and O–H groups in total. The Bertz CT molecular complexity index is 293. The molecule has 3 fully saturated rings. The largest absolute Gasteiger partial charge is 0.396 e. The van der Waals surface area contributed by atoms with Crippen LogP contribution in [0.15, 0.2) is 0 Å². The lowest BCUT2D eigenvalue weighted by atomic mass is 9.79. The summed E-state index contributed by atoms with van der Waals surface area (Å²) < 4.78 is 5.59. The molecule has 3 rings (SSSR count). The molecule has 0 aromatic heterocycles. The zero-order valence-electron chi connectivity index (χ0n) is 12.6. The Morgan fingerprint density at radius 3 is 2.40 bits per heavy atom. The number of likely N-dealkylation sites (tertiary alicyclic amines) is 1. The third kappa shape index (κ3) is 3.94. The van der Waals surface area contributed by atoms with Crippen molar-refractivity contribution in [1.29, 1.82) is 0 Å². The van der Waals surface area contributed by atoms with Gasteiger partial charge in [-0.1, -0.05) is 0 Å². The minimum atomic E-state index is 0.371. The molecule has 0 bridgehead atoms. The lowest BCUT2D eigenvalue weighted by Gasteiger charge is -2.43. The quantitative estimate of drug-likeness (QED) is 0.769. The van der Waals surface area contributed by atoms with Crippen molar-refractivity contribution in [2.45, 2.75) is 44.6 Å². The van der Waals surface area contributed by atoms with Crippen LogP contribution < -0.4 is 5.32 Å². The second-order valence-corrected chi connectivity index (χ2v) is 7.17. The standard InChI is InChI=1S/C16H30N2O2/c19-11-14-3-7-18(8-4-14)13-16(5-9-20-10-6-16)12-17-15-1-2-15/h14-15,17,19H,1-13H2. The molecule has 4 nitrogen and oxygen atoms in total. The lowest BCUT2D eigenvalue weighted by Crippen LogP contribution is -2.49. The van der Waals surface area contributed by atoms with Gasteiger partial charge in [-0.3, -0.25) is 0 Å². The summed E-state index contributed by atoms with van der Waals surface area (Å²) in [5.41, 5.74) is 0.424. The number of hydrogen-bond donors (Lipinski definition) is 2. The Morgan fingerprint density at radius 1 is 1.10 bits per heavy atom. The first-order valence-electron chi connectivity index (χ1n) is 8.44. The second kappa shape index (κ2) is 6.73. The molecule has 0 radical (unpaired) electrons. The fourth-order valence-corrected chi connectivity index (χ4v) is 3.64. The number of nitrogens with one attached hydrogen (secondary N) is 1. The van der Waals surface area contributed by atoms with Gasteiger partial charge in [0, 0.05) is 39.0 Å². The van der Waals surface area contributed by atoms with E-state index in [-0.39, 0.29) is 0 Å². The van der Waals surface area contributed by atoms with Gasteiger partial charge in [-0.05, 0) is 62.9 Å². The number of piperidine rings is 1. The highest BCUT2D eigenvalue weighted by molar-refractivity contribution is 4.91. The van der Waals surface area contributed by atoms with Crippen molar-refractivity contribution in [3.63, 3.8) is 0 Å². The van der Waals surface area contributed by atoms with Gasteiger partial charge in [-0.15, -0.1) is 0 Å². The Balaban J connectivity index is 1.52. The van der Waals surface area contributed by atoms with Gasteiger partial charge in [0.15, 0.2) is 0 Å². The van der Waals surface area contributed by atoms with Gasteiger partial charge in [0.2, 0.25) is 0 Å². The minimum Gasteiger partial charge on any atom is -0.396 e. The van der Waals surface area contributed by atoms with Crippen LogP contribution in [0.3, 0.4) is 0 Å². The monoisotopic (exact) mass is 282 g/mol. The molecule has 20 heavy (non-hydrogen) atoms. The van der Waals surface area contributed by atoms with Crippen LogP contribution in [0.2, 0.25) is 0 Å². The van der Waals surface area contributed by atoms with Crippen LogP contribution in [0.25, 0.3) is 0 Å². The molecule has 0 amide bonds. The summed E-state index contributed by atoms with van der Waals surface area (Å²) in [5.74, 6) is 0.543. The zero-order chi connectivity index (χ0) is 13.8. The zero-order valence-corrected chi connectivity index (χ0v) is 12.6. The molecule has 3 aliphatic rings. The fraction of sp³-hybridized carbons (Fsp3) is 1.00. The van der Waals surface area contributed by atoms with E-state index in [0.29, 0.717) is 17.9 Å². The number of rotatable bonds is 6. The number of ether oxygens (including phenoxy) is 1. The molecule has 116 valence electrons. The first kappa shape index (κ1) is 14.8. The predicted octanol–water partition coefficient (Wildman–Crippen LogP) is 1.24. The summed E-state index contributed by atoms with van der Waals surface area (Å²) in [7, 11) is 0. The van der Waals surface area contributed by atoms with Gasteiger partial charge in [0.1, 0.15) is 0 Å². The molecule has 2 saturated heterocycles. The Morgan fingerprint density at radius 2 is 1.80 bits per heavy atom. The van der Waals surface area contributed by atoms with Crippen molar-refractivity contribution >= 4 is 0 Å².